The summed E-state index contributed by atoms with van der Waals surface area (Å²) in [5, 5.41) is 11.0. The molecule has 2 heterocycles. The van der Waals surface area contributed by atoms with Gasteiger partial charge in [-0.25, -0.2) is 14.5 Å². The third-order valence-electron chi connectivity index (χ3n) is 4.20. The smallest absolute Gasteiger partial charge is 0.342 e. The Morgan fingerprint density at radius 2 is 1.96 bits per heavy atom. The third kappa shape index (κ3) is 3.37. The van der Waals surface area contributed by atoms with E-state index in [9.17, 15) is 10.1 Å². The summed E-state index contributed by atoms with van der Waals surface area (Å²) >= 11 is 0. The fourth-order valence-corrected chi connectivity index (χ4v) is 2.82. The second-order valence-electron chi connectivity index (χ2n) is 5.93. The van der Waals surface area contributed by atoms with Gasteiger partial charge in [0.25, 0.3) is 0 Å². The minimum Gasteiger partial charge on any atom is -0.489 e. The molecule has 4 rings (SSSR count). The van der Waals surface area contributed by atoms with Crippen LogP contribution in [0, 0.1) is 17.0 Å². The van der Waals surface area contributed by atoms with Gasteiger partial charge in [0.1, 0.15) is 30.6 Å². The summed E-state index contributed by atoms with van der Waals surface area (Å²) in [6.45, 7) is 2.36. The van der Waals surface area contributed by atoms with Crippen molar-refractivity contribution in [3.05, 3.63) is 70.7 Å². The lowest BCUT2D eigenvalue weighted by Crippen LogP contribution is -2.11. The summed E-state index contributed by atoms with van der Waals surface area (Å²) in [5.74, 6) is 1.75. The van der Waals surface area contributed by atoms with Crippen LogP contribution in [0.5, 0.6) is 5.75 Å². The second-order valence-corrected chi connectivity index (χ2v) is 5.93. The SMILES string of the molecule is Cc1ncc([N+](=O)[O-])n1CCOc1ccc(-c2nc3ccccc3o2)cc1. The Morgan fingerprint density at radius 1 is 1.19 bits per heavy atom. The molecule has 0 saturated carbocycles. The van der Waals surface area contributed by atoms with Crippen molar-refractivity contribution >= 4 is 16.9 Å². The fourth-order valence-electron chi connectivity index (χ4n) is 2.82. The van der Waals surface area contributed by atoms with Crippen LogP contribution in [0.3, 0.4) is 0 Å². The number of benzene rings is 2. The molecule has 0 atom stereocenters. The molecule has 27 heavy (non-hydrogen) atoms. The van der Waals surface area contributed by atoms with E-state index in [-0.39, 0.29) is 5.82 Å². The van der Waals surface area contributed by atoms with Crippen LogP contribution in [0.4, 0.5) is 5.82 Å². The van der Waals surface area contributed by atoms with Crippen molar-refractivity contribution in [2.45, 2.75) is 13.5 Å². The van der Waals surface area contributed by atoms with Gasteiger partial charge in [-0.1, -0.05) is 12.1 Å². The lowest BCUT2D eigenvalue weighted by Gasteiger charge is -2.07. The van der Waals surface area contributed by atoms with E-state index in [0.29, 0.717) is 30.6 Å². The molecule has 2 aromatic carbocycles. The predicted octanol–water partition coefficient (Wildman–Crippen LogP) is 3.99. The van der Waals surface area contributed by atoms with Crippen molar-refractivity contribution < 1.29 is 14.1 Å². The van der Waals surface area contributed by atoms with Gasteiger partial charge in [0, 0.05) is 12.5 Å². The van der Waals surface area contributed by atoms with Crippen LogP contribution in [0.2, 0.25) is 0 Å². The standard InChI is InChI=1S/C19H16N4O4/c1-13-20-12-18(23(24)25)22(13)10-11-26-15-8-6-14(7-9-15)19-21-16-4-2-3-5-17(16)27-19/h2-9,12H,10-11H2,1H3. The minimum absolute atomic E-state index is 0.0394. The van der Waals surface area contributed by atoms with Gasteiger partial charge in [-0.15, -0.1) is 0 Å². The Hall–Kier alpha value is -3.68. The quantitative estimate of drug-likeness (QED) is 0.379. The molecule has 136 valence electrons. The highest BCUT2D eigenvalue weighted by Crippen LogP contribution is 2.25. The molecule has 0 fully saturated rings. The summed E-state index contributed by atoms with van der Waals surface area (Å²) in [4.78, 5) is 19.0. The van der Waals surface area contributed by atoms with Crippen LogP contribution in [0.15, 0.2) is 59.1 Å². The fraction of sp³-hybridized carbons (Fsp3) is 0.158. The molecule has 0 N–H and O–H groups in total. The van der Waals surface area contributed by atoms with Crippen molar-refractivity contribution in [3.8, 4) is 17.2 Å². The van der Waals surface area contributed by atoms with E-state index in [1.165, 1.54) is 10.8 Å². The van der Waals surface area contributed by atoms with Crippen LogP contribution >= 0.6 is 0 Å². The van der Waals surface area contributed by atoms with E-state index in [0.717, 1.165) is 16.7 Å². The van der Waals surface area contributed by atoms with Gasteiger partial charge >= 0.3 is 5.82 Å². The Balaban J connectivity index is 1.42. The number of fused-ring (bicyclic) bond motifs is 1. The minimum atomic E-state index is -0.449. The molecular weight excluding hydrogens is 348 g/mol. The van der Waals surface area contributed by atoms with E-state index < -0.39 is 4.92 Å². The van der Waals surface area contributed by atoms with Crippen molar-refractivity contribution in [1.82, 2.24) is 14.5 Å². The van der Waals surface area contributed by atoms with Crippen LogP contribution in [-0.2, 0) is 6.54 Å². The third-order valence-corrected chi connectivity index (χ3v) is 4.20. The van der Waals surface area contributed by atoms with Gasteiger partial charge in [-0.05, 0) is 41.3 Å². The first-order valence-corrected chi connectivity index (χ1v) is 8.37. The average molecular weight is 364 g/mol. The summed E-state index contributed by atoms with van der Waals surface area (Å²) in [5.41, 5.74) is 2.40. The highest BCUT2D eigenvalue weighted by Gasteiger charge is 2.17. The summed E-state index contributed by atoms with van der Waals surface area (Å²) in [6, 6.07) is 15.0. The first-order valence-electron chi connectivity index (χ1n) is 8.37. The number of nitro groups is 1. The zero-order chi connectivity index (χ0) is 18.8. The number of nitrogens with zero attached hydrogens (tertiary/aromatic N) is 4. The number of rotatable bonds is 6. The zero-order valence-electron chi connectivity index (χ0n) is 14.5. The summed E-state index contributed by atoms with van der Waals surface area (Å²) in [7, 11) is 0. The molecule has 0 aliphatic rings. The number of hydrogen-bond acceptors (Lipinski definition) is 6. The molecule has 0 aliphatic heterocycles. The molecule has 0 aliphatic carbocycles. The average Bonchev–Trinajstić information content (AvgIpc) is 3.26. The van der Waals surface area contributed by atoms with Crippen molar-refractivity contribution in [2.75, 3.05) is 6.61 Å². The molecule has 8 heteroatoms. The van der Waals surface area contributed by atoms with Crippen molar-refractivity contribution in [1.29, 1.82) is 0 Å². The second kappa shape index (κ2) is 6.91. The van der Waals surface area contributed by atoms with Crippen LogP contribution in [0.1, 0.15) is 5.82 Å². The topological polar surface area (TPSA) is 96.2 Å². The lowest BCUT2D eigenvalue weighted by atomic mass is 10.2. The molecule has 0 amide bonds. The first-order chi connectivity index (χ1) is 13.1. The Morgan fingerprint density at radius 3 is 2.70 bits per heavy atom. The molecule has 0 saturated heterocycles. The maximum Gasteiger partial charge on any atom is 0.342 e. The number of aryl methyl sites for hydroxylation is 1. The van der Waals surface area contributed by atoms with Gasteiger partial charge in [0.05, 0.1) is 0 Å². The van der Waals surface area contributed by atoms with Gasteiger partial charge in [-0.2, -0.15) is 0 Å². The molecule has 8 nitrogen and oxygen atoms in total. The number of imidazole rings is 1. The normalized spacial score (nSPS) is 11.0. The Labute approximate surface area is 154 Å². The molecular formula is C19H16N4O4. The van der Waals surface area contributed by atoms with Crippen LogP contribution in [0.25, 0.3) is 22.6 Å². The molecule has 4 aromatic rings. The molecule has 0 radical (unpaired) electrons. The highest BCUT2D eigenvalue weighted by molar-refractivity contribution is 5.76. The summed E-state index contributed by atoms with van der Waals surface area (Å²) < 4.78 is 13.0. The number of aromatic nitrogens is 3. The number of ether oxygens (including phenoxy) is 1. The maximum absolute atomic E-state index is 11.0. The van der Waals surface area contributed by atoms with Gasteiger partial charge in [-0.3, -0.25) is 0 Å². The largest absolute Gasteiger partial charge is 0.489 e. The number of oxazole rings is 1. The summed E-state index contributed by atoms with van der Waals surface area (Å²) in [6.07, 6.45) is 1.25. The highest BCUT2D eigenvalue weighted by atomic mass is 16.6. The number of hydrogen-bond donors (Lipinski definition) is 0. The lowest BCUT2D eigenvalue weighted by molar-refractivity contribution is -0.392. The van der Waals surface area contributed by atoms with E-state index >= 15 is 0 Å². The zero-order valence-corrected chi connectivity index (χ0v) is 14.5. The van der Waals surface area contributed by atoms with Crippen molar-refractivity contribution in [2.24, 2.45) is 0 Å². The van der Waals surface area contributed by atoms with Crippen LogP contribution < -0.4 is 4.74 Å². The maximum atomic E-state index is 11.0. The van der Waals surface area contributed by atoms with E-state index in [1.54, 1.807) is 6.92 Å². The molecule has 2 aromatic heterocycles. The molecule has 0 bridgehead atoms. The van der Waals surface area contributed by atoms with Gasteiger partial charge in [0.15, 0.2) is 11.4 Å². The van der Waals surface area contributed by atoms with Gasteiger partial charge in [0.2, 0.25) is 5.89 Å². The molecule has 0 unspecified atom stereocenters. The molecule has 0 spiro atoms. The van der Waals surface area contributed by atoms with Crippen LogP contribution in [-0.4, -0.2) is 26.1 Å². The van der Waals surface area contributed by atoms with Gasteiger partial charge < -0.3 is 19.3 Å². The van der Waals surface area contributed by atoms with E-state index in [4.69, 9.17) is 9.15 Å². The number of para-hydroxylation sites is 2. The van der Waals surface area contributed by atoms with E-state index in [1.807, 2.05) is 48.5 Å². The monoisotopic (exact) mass is 364 g/mol. The van der Waals surface area contributed by atoms with E-state index in [2.05, 4.69) is 9.97 Å². The first kappa shape index (κ1) is 16.8. The Kier molecular flexibility index (Phi) is 4.29. The van der Waals surface area contributed by atoms with Crippen molar-refractivity contribution in [3.63, 3.8) is 0 Å². The predicted molar refractivity (Wildman–Crippen MR) is 98.6 cm³/mol. The Bertz CT molecular complexity index is 1070.